The fourth-order valence-corrected chi connectivity index (χ4v) is 3.55. The van der Waals surface area contributed by atoms with Crippen molar-refractivity contribution in [2.75, 3.05) is 12.3 Å². The fraction of sp³-hybridized carbons (Fsp3) is 0.0741. The zero-order valence-corrected chi connectivity index (χ0v) is 20.5. The number of amides is 1. The lowest BCUT2D eigenvalue weighted by Crippen LogP contribution is -2.27. The van der Waals surface area contributed by atoms with E-state index in [0.717, 1.165) is 16.7 Å². The molecule has 0 bridgehead atoms. The van der Waals surface area contributed by atoms with Crippen LogP contribution < -0.4 is 26.1 Å². The molecule has 4 aromatic rings. The van der Waals surface area contributed by atoms with Gasteiger partial charge in [0.15, 0.2) is 17.3 Å². The Morgan fingerprint density at radius 1 is 1.11 bits per heavy atom. The first-order valence-electron chi connectivity index (χ1n) is 11.2. The number of rotatable bonds is 9. The Labute approximate surface area is 220 Å². The monoisotopic (exact) mass is 538 g/mol. The van der Waals surface area contributed by atoms with E-state index in [2.05, 4.69) is 16.9 Å². The number of halogens is 3. The third kappa shape index (κ3) is 5.98. The molecule has 0 radical (unpaired) electrons. The van der Waals surface area contributed by atoms with Crippen molar-refractivity contribution in [1.29, 1.82) is 0 Å². The molecule has 11 heteroatoms. The summed E-state index contributed by atoms with van der Waals surface area (Å²) in [6.45, 7) is 3.71. The molecule has 0 saturated heterocycles. The normalized spacial score (nSPS) is 10.6. The van der Waals surface area contributed by atoms with Crippen LogP contribution in [0.5, 0.6) is 17.2 Å². The Hall–Kier alpha value is -4.70. The van der Waals surface area contributed by atoms with Crippen molar-refractivity contribution in [3.8, 4) is 22.9 Å². The number of nitrogens with zero attached hydrogens (tertiary/aromatic N) is 2. The molecule has 2 heterocycles. The van der Waals surface area contributed by atoms with Gasteiger partial charge in [0.25, 0.3) is 11.5 Å². The molecule has 0 aliphatic rings. The smallest absolute Gasteiger partial charge is 0.258 e. The number of nitrogens with two attached hydrogens (primary N) is 1. The van der Waals surface area contributed by atoms with Crippen LogP contribution in [-0.4, -0.2) is 22.1 Å². The molecule has 0 atom stereocenters. The van der Waals surface area contributed by atoms with E-state index in [0.29, 0.717) is 5.56 Å². The van der Waals surface area contributed by atoms with Crippen LogP contribution in [0.4, 0.5) is 14.6 Å². The number of carbonyl (C=O) groups excluding carboxylic acids is 1. The lowest BCUT2D eigenvalue weighted by atomic mass is 10.2. The molecule has 4 rings (SSSR count). The van der Waals surface area contributed by atoms with Gasteiger partial charge in [-0.25, -0.2) is 13.8 Å². The van der Waals surface area contributed by atoms with Gasteiger partial charge in [0, 0.05) is 37.1 Å². The summed E-state index contributed by atoms with van der Waals surface area (Å²) in [5.41, 5.74) is 5.89. The standard InChI is InChI=1S/C27H21ClF2N4O4/c1-2-11-37-23-13-24(35)34(15-19(23)27(36)33-14-16-3-5-17(29)6-4-16)18-7-8-21(20(30)12-18)38-22-9-10-32-26(31)25(22)28/h2-10,12-13,15H,1,11,14H2,(H2,31,32)(H,33,36). The zero-order valence-electron chi connectivity index (χ0n) is 19.8. The van der Waals surface area contributed by atoms with E-state index < -0.39 is 23.1 Å². The largest absolute Gasteiger partial charge is 0.488 e. The van der Waals surface area contributed by atoms with Crippen LogP contribution in [0.25, 0.3) is 5.69 Å². The molecule has 0 spiro atoms. The predicted molar refractivity (Wildman–Crippen MR) is 139 cm³/mol. The molecule has 8 nitrogen and oxygen atoms in total. The molecular formula is C27H21ClF2N4O4. The number of carbonyl (C=O) groups is 1. The number of nitrogens with one attached hydrogen (secondary N) is 1. The van der Waals surface area contributed by atoms with Gasteiger partial charge in [-0.3, -0.25) is 14.2 Å². The van der Waals surface area contributed by atoms with E-state index in [9.17, 15) is 18.4 Å². The van der Waals surface area contributed by atoms with Crippen LogP contribution in [0.15, 0.2) is 84.4 Å². The van der Waals surface area contributed by atoms with Crippen molar-refractivity contribution in [3.05, 3.63) is 118 Å². The number of hydrogen-bond donors (Lipinski definition) is 2. The molecule has 2 aromatic carbocycles. The van der Waals surface area contributed by atoms with E-state index in [4.69, 9.17) is 26.8 Å². The lowest BCUT2D eigenvalue weighted by Gasteiger charge is -2.15. The Kier molecular flexibility index (Phi) is 8.03. The van der Waals surface area contributed by atoms with Crippen molar-refractivity contribution in [3.63, 3.8) is 0 Å². The SMILES string of the molecule is C=CCOc1cc(=O)n(-c2ccc(Oc3ccnc(N)c3Cl)c(F)c2)cc1C(=O)NCc1ccc(F)cc1. The average molecular weight is 539 g/mol. The number of anilines is 1. The second-order valence-electron chi connectivity index (χ2n) is 7.89. The quantitative estimate of drug-likeness (QED) is 0.289. The Bertz CT molecular complexity index is 1560. The lowest BCUT2D eigenvalue weighted by molar-refractivity contribution is 0.0946. The number of ether oxygens (including phenoxy) is 2. The second-order valence-corrected chi connectivity index (χ2v) is 8.27. The van der Waals surface area contributed by atoms with Crippen molar-refractivity contribution in [1.82, 2.24) is 14.9 Å². The van der Waals surface area contributed by atoms with Crippen LogP contribution in [0.3, 0.4) is 0 Å². The number of nitrogen functional groups attached to an aromatic ring is 1. The summed E-state index contributed by atoms with van der Waals surface area (Å²) in [4.78, 5) is 29.7. The van der Waals surface area contributed by atoms with Crippen molar-refractivity contribution in [2.45, 2.75) is 6.54 Å². The third-order valence-corrected chi connectivity index (χ3v) is 5.66. The molecule has 0 saturated carbocycles. The van der Waals surface area contributed by atoms with Crippen LogP contribution >= 0.6 is 11.6 Å². The van der Waals surface area contributed by atoms with Gasteiger partial charge < -0.3 is 20.5 Å². The third-order valence-electron chi connectivity index (χ3n) is 5.28. The fourth-order valence-electron chi connectivity index (χ4n) is 3.40. The highest BCUT2D eigenvalue weighted by molar-refractivity contribution is 6.34. The maximum atomic E-state index is 15.0. The average Bonchev–Trinajstić information content (AvgIpc) is 2.90. The van der Waals surface area contributed by atoms with Crippen molar-refractivity contribution in [2.24, 2.45) is 0 Å². The predicted octanol–water partition coefficient (Wildman–Crippen LogP) is 5.03. The van der Waals surface area contributed by atoms with Gasteiger partial charge in [0.05, 0.1) is 11.3 Å². The highest BCUT2D eigenvalue weighted by Crippen LogP contribution is 2.33. The van der Waals surface area contributed by atoms with E-state index in [1.54, 1.807) is 0 Å². The first kappa shape index (κ1) is 26.4. The summed E-state index contributed by atoms with van der Waals surface area (Å²) in [6, 6.07) is 12.0. The van der Waals surface area contributed by atoms with E-state index in [-0.39, 0.29) is 52.5 Å². The van der Waals surface area contributed by atoms with E-state index in [1.807, 2.05) is 0 Å². The first-order valence-corrected chi connectivity index (χ1v) is 11.6. The minimum Gasteiger partial charge on any atom is -0.488 e. The Morgan fingerprint density at radius 2 is 1.87 bits per heavy atom. The molecule has 0 aliphatic carbocycles. The molecule has 0 unspecified atom stereocenters. The van der Waals surface area contributed by atoms with Gasteiger partial charge in [0.1, 0.15) is 29.0 Å². The van der Waals surface area contributed by atoms with Crippen molar-refractivity contribution < 1.29 is 23.0 Å². The molecule has 2 aromatic heterocycles. The maximum absolute atomic E-state index is 15.0. The number of benzene rings is 2. The zero-order chi connectivity index (χ0) is 27.2. The molecular weight excluding hydrogens is 518 g/mol. The number of pyridine rings is 2. The van der Waals surface area contributed by atoms with Gasteiger partial charge in [-0.1, -0.05) is 36.4 Å². The van der Waals surface area contributed by atoms with Gasteiger partial charge >= 0.3 is 0 Å². The number of aromatic nitrogens is 2. The van der Waals surface area contributed by atoms with Gasteiger partial charge in [0.2, 0.25) is 0 Å². The second kappa shape index (κ2) is 11.6. The summed E-state index contributed by atoms with van der Waals surface area (Å²) in [5, 5.41) is 2.73. The molecule has 38 heavy (non-hydrogen) atoms. The van der Waals surface area contributed by atoms with Crippen LogP contribution in [-0.2, 0) is 6.54 Å². The summed E-state index contributed by atoms with van der Waals surface area (Å²) < 4.78 is 40.2. The van der Waals surface area contributed by atoms with Gasteiger partial charge in [-0.2, -0.15) is 0 Å². The van der Waals surface area contributed by atoms with Gasteiger partial charge in [-0.15, -0.1) is 0 Å². The molecule has 194 valence electrons. The Balaban J connectivity index is 1.64. The topological polar surface area (TPSA) is 108 Å². The molecule has 0 fully saturated rings. The minimum atomic E-state index is -0.796. The van der Waals surface area contributed by atoms with Crippen molar-refractivity contribution >= 4 is 23.3 Å². The highest BCUT2D eigenvalue weighted by atomic mass is 35.5. The molecule has 1 amide bonds. The Morgan fingerprint density at radius 3 is 2.58 bits per heavy atom. The first-order chi connectivity index (χ1) is 18.3. The summed E-state index contributed by atoms with van der Waals surface area (Å²) >= 11 is 6.06. The maximum Gasteiger partial charge on any atom is 0.258 e. The highest BCUT2D eigenvalue weighted by Gasteiger charge is 2.18. The van der Waals surface area contributed by atoms with Crippen LogP contribution in [0.1, 0.15) is 15.9 Å². The van der Waals surface area contributed by atoms with E-state index in [1.165, 1.54) is 60.9 Å². The molecule has 3 N–H and O–H groups in total. The van der Waals surface area contributed by atoms with E-state index >= 15 is 0 Å². The van der Waals surface area contributed by atoms with Crippen LogP contribution in [0, 0.1) is 11.6 Å². The van der Waals surface area contributed by atoms with Gasteiger partial charge in [-0.05, 0) is 29.8 Å². The minimum absolute atomic E-state index is 0.0214. The van der Waals surface area contributed by atoms with Crippen LogP contribution in [0.2, 0.25) is 5.02 Å². The summed E-state index contributed by atoms with van der Waals surface area (Å²) in [7, 11) is 0. The summed E-state index contributed by atoms with van der Waals surface area (Å²) in [5.74, 6) is -1.78. The number of hydrogen-bond acceptors (Lipinski definition) is 6. The summed E-state index contributed by atoms with van der Waals surface area (Å²) in [6.07, 6.45) is 4.07. The molecule has 0 aliphatic heterocycles.